The van der Waals surface area contributed by atoms with Crippen LogP contribution in [0, 0.1) is 11.3 Å². The molecule has 0 spiro atoms. The first kappa shape index (κ1) is 20.2. The number of carbonyl (C=O) groups excluding carboxylic acids is 1. The maximum Gasteiger partial charge on any atom is 0.162 e. The van der Waals surface area contributed by atoms with Gasteiger partial charge >= 0.3 is 0 Å². The van der Waals surface area contributed by atoms with Crippen molar-refractivity contribution in [3.05, 3.63) is 93.4 Å². The Hall–Kier alpha value is -3.07. The number of halogens is 1. The molecule has 0 unspecified atom stereocenters. The number of carbonyl (C=O) groups is 1. The van der Waals surface area contributed by atoms with Crippen LogP contribution in [0.3, 0.4) is 0 Å². The van der Waals surface area contributed by atoms with Crippen LogP contribution in [0.1, 0.15) is 35.8 Å². The summed E-state index contributed by atoms with van der Waals surface area (Å²) in [6.45, 7) is 0. The van der Waals surface area contributed by atoms with E-state index in [1.165, 1.54) is 0 Å². The zero-order valence-electron chi connectivity index (χ0n) is 17.0. The third-order valence-corrected chi connectivity index (χ3v) is 6.07. The van der Waals surface area contributed by atoms with Gasteiger partial charge < -0.3 is 5.73 Å². The summed E-state index contributed by atoms with van der Waals surface area (Å²) in [5.74, 6) is 0.00441. The van der Waals surface area contributed by atoms with E-state index in [2.05, 4.69) is 18.2 Å². The molecule has 0 bridgehead atoms. The van der Waals surface area contributed by atoms with E-state index in [-0.39, 0.29) is 11.7 Å². The van der Waals surface area contributed by atoms with Gasteiger partial charge in [0.15, 0.2) is 5.78 Å². The summed E-state index contributed by atoms with van der Waals surface area (Å²) in [7, 11) is 3.73. The number of hydrazine groups is 1. The molecule has 2 atom stereocenters. The second kappa shape index (κ2) is 7.98. The lowest BCUT2D eigenvalue weighted by molar-refractivity contribution is -0.117. The molecule has 2 aliphatic rings. The number of ketones is 1. The van der Waals surface area contributed by atoms with E-state index < -0.39 is 5.92 Å². The van der Waals surface area contributed by atoms with Crippen LogP contribution in [-0.4, -0.2) is 29.9 Å². The highest BCUT2D eigenvalue weighted by molar-refractivity contribution is 6.30. The molecule has 0 radical (unpaired) electrons. The molecule has 1 heterocycles. The maximum atomic E-state index is 13.5. The van der Waals surface area contributed by atoms with Gasteiger partial charge in [-0.3, -0.25) is 9.80 Å². The smallest absolute Gasteiger partial charge is 0.162 e. The Kier molecular flexibility index (Phi) is 5.38. The number of hydrogen-bond donors (Lipinski definition) is 1. The Bertz CT molecular complexity index is 1080. The number of nitrogens with zero attached hydrogens (tertiary/aromatic N) is 3. The molecule has 2 aromatic rings. The second-order valence-electron chi connectivity index (χ2n) is 7.85. The van der Waals surface area contributed by atoms with Gasteiger partial charge in [-0.15, -0.1) is 0 Å². The predicted molar refractivity (Wildman–Crippen MR) is 117 cm³/mol. The standard InChI is InChI=1S/C24H23ClN4O/c1-28(2)29-20-12-17(15-6-4-3-5-7-15)13-21(30)23(20)22(19(14-26)24(29)27)16-8-10-18(25)11-9-16/h3-11,17,22H,12-13,27H2,1-2H3/t17-,22+/m1/s1. The molecule has 1 aliphatic heterocycles. The van der Waals surface area contributed by atoms with Gasteiger partial charge in [0.1, 0.15) is 5.82 Å². The summed E-state index contributed by atoms with van der Waals surface area (Å²) in [5.41, 5.74) is 10.4. The minimum Gasteiger partial charge on any atom is -0.383 e. The fourth-order valence-electron chi connectivity index (χ4n) is 4.52. The summed E-state index contributed by atoms with van der Waals surface area (Å²) in [6, 6.07) is 19.6. The van der Waals surface area contributed by atoms with Crippen LogP contribution in [0.4, 0.5) is 0 Å². The number of benzene rings is 2. The van der Waals surface area contributed by atoms with Gasteiger partial charge in [0, 0.05) is 36.8 Å². The number of allylic oxidation sites excluding steroid dienone is 3. The van der Waals surface area contributed by atoms with Gasteiger partial charge in [0.2, 0.25) is 0 Å². The fourth-order valence-corrected chi connectivity index (χ4v) is 4.64. The molecule has 0 saturated heterocycles. The van der Waals surface area contributed by atoms with E-state index in [1.807, 2.05) is 54.4 Å². The zero-order chi connectivity index (χ0) is 21.4. The van der Waals surface area contributed by atoms with Crippen molar-refractivity contribution >= 4 is 17.4 Å². The van der Waals surface area contributed by atoms with E-state index in [9.17, 15) is 10.1 Å². The normalized spacial score (nSPS) is 21.7. The molecule has 0 fully saturated rings. The van der Waals surface area contributed by atoms with Gasteiger partial charge in [0.25, 0.3) is 0 Å². The minimum atomic E-state index is -0.484. The van der Waals surface area contributed by atoms with Crippen molar-refractivity contribution < 1.29 is 4.79 Å². The predicted octanol–water partition coefficient (Wildman–Crippen LogP) is 4.31. The average Bonchev–Trinajstić information content (AvgIpc) is 2.73. The summed E-state index contributed by atoms with van der Waals surface area (Å²) >= 11 is 6.07. The lowest BCUT2D eigenvalue weighted by atomic mass is 9.72. The van der Waals surface area contributed by atoms with Crippen molar-refractivity contribution in [2.45, 2.75) is 24.7 Å². The van der Waals surface area contributed by atoms with E-state index in [0.717, 1.165) is 16.8 Å². The first-order valence-electron chi connectivity index (χ1n) is 9.86. The van der Waals surface area contributed by atoms with Gasteiger partial charge in [0.05, 0.1) is 17.6 Å². The highest BCUT2D eigenvalue weighted by Crippen LogP contribution is 2.48. The van der Waals surface area contributed by atoms with Gasteiger partial charge in [-0.25, -0.2) is 5.01 Å². The fraction of sp³-hybridized carbons (Fsp3) is 0.250. The molecule has 4 rings (SSSR count). The van der Waals surface area contributed by atoms with Gasteiger partial charge in [-0.2, -0.15) is 5.26 Å². The van der Waals surface area contributed by atoms with E-state index >= 15 is 0 Å². The largest absolute Gasteiger partial charge is 0.383 e. The Morgan fingerprint density at radius 3 is 2.33 bits per heavy atom. The third kappa shape index (κ3) is 3.39. The number of nitrogens with two attached hydrogens (primary N) is 1. The van der Waals surface area contributed by atoms with Crippen LogP contribution in [0.15, 0.2) is 77.3 Å². The molecule has 0 aromatic heterocycles. The van der Waals surface area contributed by atoms with Crippen molar-refractivity contribution in [1.29, 1.82) is 5.26 Å². The quantitative estimate of drug-likeness (QED) is 0.803. The van der Waals surface area contributed by atoms with Crippen LogP contribution in [0.2, 0.25) is 5.02 Å². The van der Waals surface area contributed by atoms with Crippen LogP contribution < -0.4 is 5.73 Å². The Morgan fingerprint density at radius 2 is 1.73 bits per heavy atom. The summed E-state index contributed by atoms with van der Waals surface area (Å²) in [5, 5.41) is 14.2. The molecule has 152 valence electrons. The van der Waals surface area contributed by atoms with Crippen molar-refractivity contribution in [3.63, 3.8) is 0 Å². The second-order valence-corrected chi connectivity index (χ2v) is 8.29. The first-order chi connectivity index (χ1) is 14.4. The Labute approximate surface area is 181 Å². The van der Waals surface area contributed by atoms with Crippen molar-refractivity contribution in [2.75, 3.05) is 14.1 Å². The highest BCUT2D eigenvalue weighted by Gasteiger charge is 2.43. The SMILES string of the molecule is CN(C)N1C(N)=C(C#N)[C@H](c2ccc(Cl)cc2)C2=C1C[C@@H](c1ccccc1)CC2=O. The van der Waals surface area contributed by atoms with Crippen molar-refractivity contribution in [3.8, 4) is 6.07 Å². The monoisotopic (exact) mass is 418 g/mol. The molecule has 2 aromatic carbocycles. The van der Waals surface area contributed by atoms with E-state index in [1.54, 1.807) is 12.1 Å². The van der Waals surface area contributed by atoms with Gasteiger partial charge in [-0.05, 0) is 35.6 Å². The maximum absolute atomic E-state index is 13.5. The molecular weight excluding hydrogens is 396 g/mol. The van der Waals surface area contributed by atoms with Crippen LogP contribution in [0.5, 0.6) is 0 Å². The van der Waals surface area contributed by atoms with Crippen LogP contribution >= 0.6 is 11.6 Å². The Balaban J connectivity index is 1.89. The van der Waals surface area contributed by atoms with Crippen LogP contribution in [0.25, 0.3) is 0 Å². The minimum absolute atomic E-state index is 0.0529. The highest BCUT2D eigenvalue weighted by atomic mass is 35.5. The topological polar surface area (TPSA) is 73.4 Å². The molecular formula is C24H23ClN4O. The zero-order valence-corrected chi connectivity index (χ0v) is 17.7. The number of rotatable bonds is 3. The van der Waals surface area contributed by atoms with E-state index in [0.29, 0.717) is 34.8 Å². The Morgan fingerprint density at radius 1 is 1.07 bits per heavy atom. The summed E-state index contributed by atoms with van der Waals surface area (Å²) in [4.78, 5) is 13.5. The third-order valence-electron chi connectivity index (χ3n) is 5.81. The summed E-state index contributed by atoms with van der Waals surface area (Å²) < 4.78 is 0. The molecule has 2 N–H and O–H groups in total. The molecule has 1 aliphatic carbocycles. The van der Waals surface area contributed by atoms with Crippen molar-refractivity contribution in [2.24, 2.45) is 5.73 Å². The summed E-state index contributed by atoms with van der Waals surface area (Å²) in [6.07, 6.45) is 1.08. The molecule has 5 nitrogen and oxygen atoms in total. The lowest BCUT2D eigenvalue weighted by Gasteiger charge is -2.43. The molecule has 0 amide bonds. The first-order valence-corrected chi connectivity index (χ1v) is 10.2. The van der Waals surface area contributed by atoms with Gasteiger partial charge in [-0.1, -0.05) is 54.1 Å². The lowest BCUT2D eigenvalue weighted by Crippen LogP contribution is -2.46. The van der Waals surface area contributed by atoms with E-state index in [4.69, 9.17) is 17.3 Å². The van der Waals surface area contributed by atoms with Crippen molar-refractivity contribution in [1.82, 2.24) is 10.0 Å². The number of hydrogen-bond acceptors (Lipinski definition) is 5. The molecule has 6 heteroatoms. The molecule has 30 heavy (non-hydrogen) atoms. The molecule has 0 saturated carbocycles. The number of nitriles is 1. The van der Waals surface area contributed by atoms with Crippen LogP contribution in [-0.2, 0) is 4.79 Å². The average molecular weight is 419 g/mol. The number of Topliss-reactive ketones (excluding diaryl/α,β-unsaturated/α-hetero) is 1.